The Labute approximate surface area is 109 Å². The molecule has 3 aromatic rings. The number of pyridine rings is 1. The van der Waals surface area contributed by atoms with E-state index in [1.807, 2.05) is 6.92 Å². The number of anilines is 1. The molecule has 0 fully saturated rings. The van der Waals surface area contributed by atoms with Crippen LogP contribution >= 0.6 is 0 Å². The predicted molar refractivity (Wildman–Crippen MR) is 70.0 cm³/mol. The maximum atomic E-state index is 5.63. The fourth-order valence-corrected chi connectivity index (χ4v) is 1.79. The molecule has 0 spiro atoms. The average molecular weight is 256 g/mol. The van der Waals surface area contributed by atoms with Crippen molar-refractivity contribution >= 4 is 16.9 Å². The van der Waals surface area contributed by atoms with E-state index in [0.29, 0.717) is 24.1 Å². The summed E-state index contributed by atoms with van der Waals surface area (Å²) in [7, 11) is 0. The van der Waals surface area contributed by atoms with E-state index in [0.717, 1.165) is 11.0 Å². The quantitative estimate of drug-likeness (QED) is 0.756. The van der Waals surface area contributed by atoms with Gasteiger partial charge in [0.05, 0.1) is 36.2 Å². The molecule has 0 saturated carbocycles. The van der Waals surface area contributed by atoms with E-state index in [1.165, 1.54) is 6.20 Å². The number of rotatable bonds is 3. The normalized spacial score (nSPS) is 10.8. The van der Waals surface area contributed by atoms with Crippen LogP contribution in [0.15, 0.2) is 31.0 Å². The summed E-state index contributed by atoms with van der Waals surface area (Å²) in [4.78, 5) is 16.7. The molecule has 0 aliphatic rings. The van der Waals surface area contributed by atoms with E-state index in [4.69, 9.17) is 10.5 Å². The summed E-state index contributed by atoms with van der Waals surface area (Å²) in [5.41, 5.74) is 7.23. The lowest BCUT2D eigenvalue weighted by atomic mass is 10.4. The number of ether oxygens (including phenoxy) is 1. The molecule has 0 radical (unpaired) electrons. The molecule has 0 unspecified atom stereocenters. The van der Waals surface area contributed by atoms with Crippen molar-refractivity contribution in [2.75, 3.05) is 12.3 Å². The van der Waals surface area contributed by atoms with Crippen molar-refractivity contribution in [2.45, 2.75) is 6.92 Å². The number of fused-ring (bicyclic) bond motifs is 1. The van der Waals surface area contributed by atoms with Gasteiger partial charge in [0, 0.05) is 6.07 Å². The molecule has 0 bridgehead atoms. The monoisotopic (exact) mass is 256 g/mol. The Morgan fingerprint density at radius 3 is 2.95 bits per heavy atom. The highest BCUT2D eigenvalue weighted by molar-refractivity contribution is 5.76. The van der Waals surface area contributed by atoms with Gasteiger partial charge < -0.3 is 10.5 Å². The maximum absolute atomic E-state index is 5.63. The molecular formula is C12H12N6O. The minimum absolute atomic E-state index is 0.359. The SMILES string of the molecule is CCOc1cc2ncn(-c3cncc(N)n3)c2cn1. The number of nitrogens with two attached hydrogens (primary N) is 1. The number of imidazole rings is 1. The van der Waals surface area contributed by atoms with Gasteiger partial charge in [-0.15, -0.1) is 0 Å². The van der Waals surface area contributed by atoms with E-state index in [2.05, 4.69) is 19.9 Å². The van der Waals surface area contributed by atoms with Crippen LogP contribution in [0.4, 0.5) is 5.82 Å². The first-order chi connectivity index (χ1) is 9.28. The van der Waals surface area contributed by atoms with Gasteiger partial charge in [0.1, 0.15) is 12.1 Å². The Kier molecular flexibility index (Phi) is 2.71. The summed E-state index contributed by atoms with van der Waals surface area (Å²) in [5, 5.41) is 0. The van der Waals surface area contributed by atoms with Gasteiger partial charge >= 0.3 is 0 Å². The van der Waals surface area contributed by atoms with Crippen molar-refractivity contribution in [3.63, 3.8) is 0 Å². The van der Waals surface area contributed by atoms with Crippen LogP contribution in [0.1, 0.15) is 6.92 Å². The molecule has 0 aromatic carbocycles. The zero-order chi connectivity index (χ0) is 13.2. The van der Waals surface area contributed by atoms with Gasteiger partial charge in [-0.3, -0.25) is 9.55 Å². The highest BCUT2D eigenvalue weighted by Gasteiger charge is 2.08. The lowest BCUT2D eigenvalue weighted by Crippen LogP contribution is -2.00. The highest BCUT2D eigenvalue weighted by atomic mass is 16.5. The summed E-state index contributed by atoms with van der Waals surface area (Å²) in [6, 6.07) is 1.79. The molecule has 0 saturated heterocycles. The van der Waals surface area contributed by atoms with Gasteiger partial charge in [-0.05, 0) is 6.92 Å². The van der Waals surface area contributed by atoms with Gasteiger partial charge in [-0.25, -0.2) is 15.0 Å². The standard InChI is InChI=1S/C12H12N6O/c1-2-19-12-3-8-9(4-15-12)18(7-16-8)11-6-14-5-10(13)17-11/h3-7H,2H2,1H3,(H2,13,17). The second-order valence-corrected chi connectivity index (χ2v) is 3.86. The highest BCUT2D eigenvalue weighted by Crippen LogP contribution is 2.19. The van der Waals surface area contributed by atoms with Crippen LogP contribution in [-0.4, -0.2) is 31.1 Å². The minimum Gasteiger partial charge on any atom is -0.478 e. The Hall–Kier alpha value is -2.70. The fourth-order valence-electron chi connectivity index (χ4n) is 1.79. The second-order valence-electron chi connectivity index (χ2n) is 3.86. The van der Waals surface area contributed by atoms with Crippen LogP contribution in [0.25, 0.3) is 16.9 Å². The Bertz CT molecular complexity index is 723. The van der Waals surface area contributed by atoms with Crippen molar-refractivity contribution in [3.8, 4) is 11.7 Å². The van der Waals surface area contributed by atoms with Crippen molar-refractivity contribution in [1.29, 1.82) is 0 Å². The predicted octanol–water partition coefficient (Wildman–Crippen LogP) is 1.19. The molecule has 3 aromatic heterocycles. The Morgan fingerprint density at radius 1 is 1.26 bits per heavy atom. The van der Waals surface area contributed by atoms with Crippen molar-refractivity contribution < 1.29 is 4.74 Å². The number of nitrogen functional groups attached to an aromatic ring is 1. The van der Waals surface area contributed by atoms with Gasteiger partial charge in [0.15, 0.2) is 5.82 Å². The topological polar surface area (TPSA) is 91.7 Å². The largest absolute Gasteiger partial charge is 0.478 e. The zero-order valence-corrected chi connectivity index (χ0v) is 10.3. The van der Waals surface area contributed by atoms with Crippen LogP contribution in [0, 0.1) is 0 Å². The summed E-state index contributed by atoms with van der Waals surface area (Å²) in [6.07, 6.45) is 6.46. The zero-order valence-electron chi connectivity index (χ0n) is 10.3. The minimum atomic E-state index is 0.359. The first-order valence-corrected chi connectivity index (χ1v) is 5.81. The summed E-state index contributed by atoms with van der Waals surface area (Å²) in [6.45, 7) is 2.48. The molecule has 19 heavy (non-hydrogen) atoms. The van der Waals surface area contributed by atoms with Crippen LogP contribution in [0.2, 0.25) is 0 Å². The molecule has 3 heterocycles. The van der Waals surface area contributed by atoms with Gasteiger partial charge in [-0.2, -0.15) is 0 Å². The van der Waals surface area contributed by atoms with Crippen LogP contribution in [0.3, 0.4) is 0 Å². The van der Waals surface area contributed by atoms with E-state index in [-0.39, 0.29) is 0 Å². The third-order valence-corrected chi connectivity index (χ3v) is 2.59. The number of hydrogen-bond donors (Lipinski definition) is 1. The summed E-state index contributed by atoms with van der Waals surface area (Å²) >= 11 is 0. The first-order valence-electron chi connectivity index (χ1n) is 5.81. The third-order valence-electron chi connectivity index (χ3n) is 2.59. The molecule has 96 valence electrons. The fraction of sp³-hybridized carbons (Fsp3) is 0.167. The van der Waals surface area contributed by atoms with Crippen LogP contribution < -0.4 is 10.5 Å². The lowest BCUT2D eigenvalue weighted by Gasteiger charge is -2.04. The molecule has 7 nitrogen and oxygen atoms in total. The molecule has 7 heteroatoms. The molecule has 0 aliphatic heterocycles. The van der Waals surface area contributed by atoms with Crippen molar-refractivity contribution in [2.24, 2.45) is 0 Å². The molecule has 0 aliphatic carbocycles. The summed E-state index contributed by atoms with van der Waals surface area (Å²) < 4.78 is 7.12. The molecule has 2 N–H and O–H groups in total. The van der Waals surface area contributed by atoms with Crippen molar-refractivity contribution in [3.05, 3.63) is 31.0 Å². The van der Waals surface area contributed by atoms with E-state index in [9.17, 15) is 0 Å². The second kappa shape index (κ2) is 4.52. The van der Waals surface area contributed by atoms with Crippen LogP contribution in [-0.2, 0) is 0 Å². The van der Waals surface area contributed by atoms with Crippen molar-refractivity contribution in [1.82, 2.24) is 24.5 Å². The molecule has 3 rings (SSSR count). The average Bonchev–Trinajstić information content (AvgIpc) is 2.82. The number of hydrogen-bond acceptors (Lipinski definition) is 6. The maximum Gasteiger partial charge on any atom is 0.215 e. The van der Waals surface area contributed by atoms with Gasteiger partial charge in [-0.1, -0.05) is 0 Å². The molecule has 0 atom stereocenters. The molecule has 0 amide bonds. The molecular weight excluding hydrogens is 244 g/mol. The third kappa shape index (κ3) is 2.05. The first kappa shape index (κ1) is 11.4. The van der Waals surface area contributed by atoms with E-state index in [1.54, 1.807) is 29.4 Å². The van der Waals surface area contributed by atoms with Gasteiger partial charge in [0.2, 0.25) is 5.88 Å². The lowest BCUT2D eigenvalue weighted by molar-refractivity contribution is 0.327. The van der Waals surface area contributed by atoms with E-state index < -0.39 is 0 Å². The van der Waals surface area contributed by atoms with Crippen LogP contribution in [0.5, 0.6) is 5.88 Å². The Morgan fingerprint density at radius 2 is 2.16 bits per heavy atom. The van der Waals surface area contributed by atoms with E-state index >= 15 is 0 Å². The smallest absolute Gasteiger partial charge is 0.215 e. The summed E-state index contributed by atoms with van der Waals surface area (Å²) in [5.74, 6) is 1.52. The number of nitrogens with zero attached hydrogens (tertiary/aromatic N) is 5. The van der Waals surface area contributed by atoms with Gasteiger partial charge in [0.25, 0.3) is 0 Å². The number of aromatic nitrogens is 5. The Balaban J connectivity index is 2.10.